The Balaban J connectivity index is 1.52. The molecule has 0 atom stereocenters. The number of benzene rings is 2. The van der Waals surface area contributed by atoms with Crippen LogP contribution in [-0.4, -0.2) is 20.9 Å². The quantitative estimate of drug-likeness (QED) is 0.530. The third kappa shape index (κ3) is 3.44. The molecule has 1 amide bonds. The van der Waals surface area contributed by atoms with Crippen LogP contribution in [0.25, 0.3) is 22.3 Å². The minimum atomic E-state index is -4.41. The summed E-state index contributed by atoms with van der Waals surface area (Å²) < 4.78 is 37.8. The maximum Gasteiger partial charge on any atom is 0.416 e. The van der Waals surface area contributed by atoms with Gasteiger partial charge in [-0.15, -0.1) is 0 Å². The van der Waals surface area contributed by atoms with Crippen molar-refractivity contribution >= 4 is 22.6 Å². The van der Waals surface area contributed by atoms with E-state index in [1.807, 2.05) is 6.07 Å². The summed E-state index contributed by atoms with van der Waals surface area (Å²) in [6, 6.07) is 13.0. The smallest absolute Gasteiger partial charge is 0.346 e. The van der Waals surface area contributed by atoms with Gasteiger partial charge < -0.3 is 10.3 Å². The summed E-state index contributed by atoms with van der Waals surface area (Å²) in [6.45, 7) is 0. The first kappa shape index (κ1) is 17.7. The van der Waals surface area contributed by atoms with Crippen molar-refractivity contribution in [1.29, 1.82) is 0 Å². The topological polar surface area (TPSA) is 70.7 Å². The van der Waals surface area contributed by atoms with Crippen molar-refractivity contribution in [2.45, 2.75) is 6.18 Å². The molecule has 140 valence electrons. The Hall–Kier alpha value is -3.68. The van der Waals surface area contributed by atoms with Gasteiger partial charge in [-0.05, 0) is 42.5 Å². The van der Waals surface area contributed by atoms with E-state index in [0.717, 1.165) is 28.8 Å². The van der Waals surface area contributed by atoms with Crippen molar-refractivity contribution in [2.75, 3.05) is 5.32 Å². The number of aromatic nitrogens is 3. The van der Waals surface area contributed by atoms with Crippen LogP contribution in [0.15, 0.2) is 67.1 Å². The standard InChI is InChI=1S/C20H13F3N4O/c21-20(22,23)14-5-7-15(8-6-14)27-19(28)13-3-1-12(2-4-13)17-16-9-10-24-18(16)26-11-25-17/h1-11H,(H,27,28)(H,24,25,26). The largest absolute Gasteiger partial charge is 0.416 e. The molecule has 0 unspecified atom stereocenters. The lowest BCUT2D eigenvalue weighted by Gasteiger charge is -2.09. The number of hydrogen-bond donors (Lipinski definition) is 2. The summed E-state index contributed by atoms with van der Waals surface area (Å²) in [7, 11) is 0. The highest BCUT2D eigenvalue weighted by Crippen LogP contribution is 2.30. The van der Waals surface area contributed by atoms with Gasteiger partial charge in [-0.1, -0.05) is 12.1 Å². The van der Waals surface area contributed by atoms with Gasteiger partial charge >= 0.3 is 6.18 Å². The molecule has 5 nitrogen and oxygen atoms in total. The highest BCUT2D eigenvalue weighted by molar-refractivity contribution is 6.04. The Bertz CT molecular complexity index is 1130. The monoisotopic (exact) mass is 382 g/mol. The van der Waals surface area contributed by atoms with Crippen molar-refractivity contribution in [2.24, 2.45) is 0 Å². The molecule has 0 aliphatic carbocycles. The maximum absolute atomic E-state index is 12.6. The average Bonchev–Trinajstić information content (AvgIpc) is 3.17. The Kier molecular flexibility index (Phi) is 4.31. The van der Waals surface area contributed by atoms with Gasteiger partial charge in [0.25, 0.3) is 5.91 Å². The number of nitrogens with one attached hydrogen (secondary N) is 2. The number of amides is 1. The van der Waals surface area contributed by atoms with Crippen molar-refractivity contribution in [3.05, 3.63) is 78.2 Å². The van der Waals surface area contributed by atoms with Crippen LogP contribution in [0.3, 0.4) is 0 Å². The number of carbonyl (C=O) groups is 1. The van der Waals surface area contributed by atoms with Gasteiger partial charge in [0.05, 0.1) is 11.3 Å². The van der Waals surface area contributed by atoms with Gasteiger partial charge in [0.1, 0.15) is 12.0 Å². The van der Waals surface area contributed by atoms with E-state index in [1.165, 1.54) is 18.5 Å². The maximum atomic E-state index is 12.6. The molecule has 8 heteroatoms. The van der Waals surface area contributed by atoms with E-state index in [-0.39, 0.29) is 5.69 Å². The van der Waals surface area contributed by atoms with Crippen LogP contribution in [0.4, 0.5) is 18.9 Å². The zero-order valence-electron chi connectivity index (χ0n) is 14.3. The normalized spacial score (nSPS) is 11.5. The molecule has 28 heavy (non-hydrogen) atoms. The Morgan fingerprint density at radius 1 is 0.929 bits per heavy atom. The van der Waals surface area contributed by atoms with Crippen molar-refractivity contribution in [3.8, 4) is 11.3 Å². The number of aromatic amines is 1. The first-order chi connectivity index (χ1) is 13.4. The third-order valence-electron chi connectivity index (χ3n) is 4.24. The summed E-state index contributed by atoms with van der Waals surface area (Å²) >= 11 is 0. The number of halogens is 3. The fourth-order valence-corrected chi connectivity index (χ4v) is 2.83. The number of H-pyrrole nitrogens is 1. The predicted octanol–water partition coefficient (Wildman–Crippen LogP) is 4.90. The van der Waals surface area contributed by atoms with E-state index in [9.17, 15) is 18.0 Å². The molecule has 0 spiro atoms. The molecular weight excluding hydrogens is 369 g/mol. The highest BCUT2D eigenvalue weighted by Gasteiger charge is 2.30. The second kappa shape index (κ2) is 6.80. The molecule has 0 aliphatic heterocycles. The van der Waals surface area contributed by atoms with Gasteiger partial charge in [0, 0.05) is 28.4 Å². The van der Waals surface area contributed by atoms with Crippen LogP contribution in [0.2, 0.25) is 0 Å². The number of fused-ring (bicyclic) bond motifs is 1. The molecule has 2 N–H and O–H groups in total. The van der Waals surface area contributed by atoms with Crippen molar-refractivity contribution in [1.82, 2.24) is 15.0 Å². The van der Waals surface area contributed by atoms with E-state index in [4.69, 9.17) is 0 Å². The molecule has 0 saturated carbocycles. The van der Waals surface area contributed by atoms with Gasteiger partial charge in [-0.3, -0.25) is 4.79 Å². The van der Waals surface area contributed by atoms with Gasteiger partial charge in [0.2, 0.25) is 0 Å². The second-order valence-corrected chi connectivity index (χ2v) is 6.07. The van der Waals surface area contributed by atoms with E-state index in [0.29, 0.717) is 11.2 Å². The molecule has 4 rings (SSSR count). The molecule has 0 radical (unpaired) electrons. The lowest BCUT2D eigenvalue weighted by molar-refractivity contribution is -0.137. The molecule has 0 aliphatic rings. The summed E-state index contributed by atoms with van der Waals surface area (Å²) in [5.41, 5.74) is 2.17. The Labute approximate surface area is 157 Å². The molecular formula is C20H13F3N4O. The van der Waals surface area contributed by atoms with Crippen molar-refractivity contribution < 1.29 is 18.0 Å². The van der Waals surface area contributed by atoms with Gasteiger partial charge in [0.15, 0.2) is 0 Å². The SMILES string of the molecule is O=C(Nc1ccc(C(F)(F)F)cc1)c1ccc(-c2ncnc3[nH]ccc23)cc1. The van der Waals surface area contributed by atoms with Gasteiger partial charge in [-0.25, -0.2) is 9.97 Å². The molecule has 0 fully saturated rings. The minimum Gasteiger partial charge on any atom is -0.346 e. The Morgan fingerprint density at radius 3 is 2.32 bits per heavy atom. The lowest BCUT2D eigenvalue weighted by Crippen LogP contribution is -2.12. The van der Waals surface area contributed by atoms with E-state index in [1.54, 1.807) is 30.5 Å². The van der Waals surface area contributed by atoms with E-state index < -0.39 is 17.6 Å². The predicted molar refractivity (Wildman–Crippen MR) is 98.7 cm³/mol. The van der Waals surface area contributed by atoms with Crippen LogP contribution in [0.5, 0.6) is 0 Å². The van der Waals surface area contributed by atoms with Crippen LogP contribution in [-0.2, 0) is 6.18 Å². The van der Waals surface area contributed by atoms with Crippen LogP contribution in [0.1, 0.15) is 15.9 Å². The summed E-state index contributed by atoms with van der Waals surface area (Å²) in [5, 5.41) is 3.45. The third-order valence-corrected chi connectivity index (χ3v) is 4.24. The van der Waals surface area contributed by atoms with E-state index in [2.05, 4.69) is 20.3 Å². The Morgan fingerprint density at radius 2 is 1.64 bits per heavy atom. The first-order valence-corrected chi connectivity index (χ1v) is 8.29. The number of carbonyl (C=O) groups excluding carboxylic acids is 1. The minimum absolute atomic E-state index is 0.284. The number of hydrogen-bond acceptors (Lipinski definition) is 3. The zero-order chi connectivity index (χ0) is 19.7. The zero-order valence-corrected chi connectivity index (χ0v) is 14.3. The number of nitrogens with zero attached hydrogens (tertiary/aromatic N) is 2. The summed E-state index contributed by atoms with van der Waals surface area (Å²) in [6.07, 6.45) is -1.18. The lowest BCUT2D eigenvalue weighted by atomic mass is 10.1. The molecule has 2 aromatic heterocycles. The first-order valence-electron chi connectivity index (χ1n) is 8.29. The van der Waals surface area contributed by atoms with Gasteiger partial charge in [-0.2, -0.15) is 13.2 Å². The molecule has 2 heterocycles. The van der Waals surface area contributed by atoms with Crippen LogP contribution < -0.4 is 5.32 Å². The molecule has 0 saturated heterocycles. The van der Waals surface area contributed by atoms with Crippen LogP contribution in [0, 0.1) is 0 Å². The highest BCUT2D eigenvalue weighted by atomic mass is 19.4. The summed E-state index contributed by atoms with van der Waals surface area (Å²) in [5.74, 6) is -0.416. The van der Waals surface area contributed by atoms with Crippen LogP contribution >= 0.6 is 0 Å². The number of anilines is 1. The second-order valence-electron chi connectivity index (χ2n) is 6.07. The molecule has 0 bridgehead atoms. The van der Waals surface area contributed by atoms with Crippen molar-refractivity contribution in [3.63, 3.8) is 0 Å². The number of alkyl halides is 3. The molecule has 4 aromatic rings. The fourth-order valence-electron chi connectivity index (χ4n) is 2.83. The average molecular weight is 382 g/mol. The summed E-state index contributed by atoms with van der Waals surface area (Å²) in [4.78, 5) is 23.8. The fraction of sp³-hybridized carbons (Fsp3) is 0.0500. The number of rotatable bonds is 3. The molecule has 2 aromatic carbocycles. The van der Waals surface area contributed by atoms with E-state index >= 15 is 0 Å².